The Morgan fingerprint density at radius 3 is 2.53 bits per heavy atom. The second-order valence-electron chi connectivity index (χ2n) is 5.65. The minimum atomic E-state index is -0.219. The first-order valence-electron chi connectivity index (χ1n) is 7.17. The van der Waals surface area contributed by atoms with Crippen molar-refractivity contribution in [1.82, 2.24) is 5.32 Å². The zero-order chi connectivity index (χ0) is 13.9. The van der Waals surface area contributed by atoms with E-state index in [1.54, 1.807) is 0 Å². The molecule has 1 fully saturated rings. The Labute approximate surface area is 116 Å². The van der Waals surface area contributed by atoms with Crippen molar-refractivity contribution in [3.8, 4) is 0 Å². The molecule has 0 saturated carbocycles. The van der Waals surface area contributed by atoms with Gasteiger partial charge in [-0.25, -0.2) is 0 Å². The third-order valence-electron chi connectivity index (χ3n) is 4.19. The van der Waals surface area contributed by atoms with Gasteiger partial charge in [0.1, 0.15) is 0 Å². The molecule has 0 atom stereocenters. The molecule has 104 valence electrons. The average molecular weight is 260 g/mol. The summed E-state index contributed by atoms with van der Waals surface area (Å²) in [5.41, 5.74) is 1.99. The minimum Gasteiger partial charge on any atom is -0.317 e. The van der Waals surface area contributed by atoms with Crippen LogP contribution in [0.25, 0.3) is 0 Å². The smallest absolute Gasteiger partial charge is 0.233 e. The first-order chi connectivity index (χ1) is 9.08. The highest BCUT2D eigenvalue weighted by Gasteiger charge is 2.37. The molecule has 2 rings (SSSR count). The van der Waals surface area contributed by atoms with Crippen molar-refractivity contribution >= 4 is 11.6 Å². The molecular weight excluding hydrogens is 236 g/mol. The predicted molar refractivity (Wildman–Crippen MR) is 79.4 cm³/mol. The van der Waals surface area contributed by atoms with E-state index in [2.05, 4.69) is 32.2 Å². The number of carbonyl (C=O) groups excluding carboxylic acids is 1. The van der Waals surface area contributed by atoms with Gasteiger partial charge in [0.05, 0.1) is 0 Å². The van der Waals surface area contributed by atoms with Crippen molar-refractivity contribution in [2.45, 2.75) is 33.6 Å². The molecule has 1 N–H and O–H groups in total. The lowest BCUT2D eigenvalue weighted by Gasteiger charge is -2.37. The fourth-order valence-corrected chi connectivity index (χ4v) is 2.81. The minimum absolute atomic E-state index is 0.219. The lowest BCUT2D eigenvalue weighted by molar-refractivity contribution is -0.128. The van der Waals surface area contributed by atoms with Crippen LogP contribution in [0.4, 0.5) is 5.69 Å². The van der Waals surface area contributed by atoms with Gasteiger partial charge in [-0.1, -0.05) is 25.1 Å². The van der Waals surface area contributed by atoms with E-state index in [1.165, 1.54) is 0 Å². The molecule has 0 bridgehead atoms. The van der Waals surface area contributed by atoms with E-state index >= 15 is 0 Å². The van der Waals surface area contributed by atoms with E-state index in [1.807, 2.05) is 23.1 Å². The van der Waals surface area contributed by atoms with Crippen molar-refractivity contribution in [2.24, 2.45) is 5.41 Å². The van der Waals surface area contributed by atoms with E-state index < -0.39 is 0 Å². The molecule has 19 heavy (non-hydrogen) atoms. The Bertz CT molecular complexity index is 450. The number of nitrogens with zero attached hydrogens (tertiary/aromatic N) is 1. The maximum absolute atomic E-state index is 12.9. The molecule has 0 radical (unpaired) electrons. The van der Waals surface area contributed by atoms with Gasteiger partial charge in [-0.05, 0) is 51.4 Å². The third kappa shape index (κ3) is 2.81. The van der Waals surface area contributed by atoms with Gasteiger partial charge in [-0.15, -0.1) is 0 Å². The Morgan fingerprint density at radius 2 is 1.95 bits per heavy atom. The second-order valence-corrected chi connectivity index (χ2v) is 5.65. The van der Waals surface area contributed by atoms with Crippen molar-refractivity contribution in [3.63, 3.8) is 0 Å². The number of nitrogens with one attached hydrogen (secondary N) is 1. The van der Waals surface area contributed by atoms with Crippen LogP contribution in [-0.4, -0.2) is 25.5 Å². The highest BCUT2D eigenvalue weighted by molar-refractivity contribution is 5.98. The lowest BCUT2D eigenvalue weighted by Crippen LogP contribution is -2.48. The molecule has 1 aromatic rings. The van der Waals surface area contributed by atoms with Crippen LogP contribution in [-0.2, 0) is 4.79 Å². The number of benzene rings is 1. The van der Waals surface area contributed by atoms with E-state index in [0.717, 1.165) is 43.7 Å². The Hall–Kier alpha value is -1.35. The highest BCUT2D eigenvalue weighted by atomic mass is 16.2. The molecule has 0 aliphatic carbocycles. The number of hydrogen-bond donors (Lipinski definition) is 1. The number of aryl methyl sites for hydroxylation is 1. The molecule has 3 nitrogen and oxygen atoms in total. The Balaban J connectivity index is 2.27. The number of para-hydroxylation sites is 1. The Morgan fingerprint density at radius 1 is 1.32 bits per heavy atom. The number of carbonyl (C=O) groups is 1. The summed E-state index contributed by atoms with van der Waals surface area (Å²) in [5, 5.41) is 3.33. The standard InChI is InChI=1S/C16H24N2O/c1-4-18(14-8-6-5-7-13(14)2)15(19)16(3)9-11-17-12-10-16/h5-8,17H,4,9-12H2,1-3H3. The zero-order valence-electron chi connectivity index (χ0n) is 12.2. The van der Waals surface area contributed by atoms with E-state index in [9.17, 15) is 4.79 Å². The summed E-state index contributed by atoms with van der Waals surface area (Å²) >= 11 is 0. The zero-order valence-corrected chi connectivity index (χ0v) is 12.2. The van der Waals surface area contributed by atoms with E-state index in [4.69, 9.17) is 0 Å². The van der Waals surface area contributed by atoms with Gasteiger partial charge in [0, 0.05) is 17.6 Å². The molecule has 0 unspecified atom stereocenters. The van der Waals surface area contributed by atoms with E-state index in [-0.39, 0.29) is 11.3 Å². The van der Waals surface area contributed by atoms with Gasteiger partial charge in [0.25, 0.3) is 0 Å². The van der Waals surface area contributed by atoms with Crippen LogP contribution in [0, 0.1) is 12.3 Å². The molecule has 0 aromatic heterocycles. The summed E-state index contributed by atoms with van der Waals surface area (Å²) in [6.45, 7) is 8.83. The summed E-state index contributed by atoms with van der Waals surface area (Å²) in [7, 11) is 0. The van der Waals surface area contributed by atoms with Gasteiger partial charge in [-0.2, -0.15) is 0 Å². The lowest BCUT2D eigenvalue weighted by atomic mass is 9.79. The van der Waals surface area contributed by atoms with Crippen LogP contribution in [0.5, 0.6) is 0 Å². The maximum Gasteiger partial charge on any atom is 0.233 e. The number of amides is 1. The van der Waals surface area contributed by atoms with Crippen LogP contribution in [0.2, 0.25) is 0 Å². The molecule has 1 amide bonds. The van der Waals surface area contributed by atoms with Gasteiger partial charge in [0.2, 0.25) is 5.91 Å². The molecule has 1 heterocycles. The first kappa shape index (κ1) is 14.1. The largest absolute Gasteiger partial charge is 0.317 e. The van der Waals surface area contributed by atoms with Crippen LogP contribution in [0.15, 0.2) is 24.3 Å². The van der Waals surface area contributed by atoms with Gasteiger partial charge >= 0.3 is 0 Å². The predicted octanol–water partition coefficient (Wildman–Crippen LogP) is 2.74. The number of anilines is 1. The van der Waals surface area contributed by atoms with Gasteiger partial charge in [0.15, 0.2) is 0 Å². The van der Waals surface area contributed by atoms with Gasteiger partial charge < -0.3 is 10.2 Å². The summed E-state index contributed by atoms with van der Waals surface area (Å²) in [5.74, 6) is 0.269. The summed E-state index contributed by atoms with van der Waals surface area (Å²) in [4.78, 5) is 14.8. The van der Waals surface area contributed by atoms with Crippen LogP contribution < -0.4 is 10.2 Å². The topological polar surface area (TPSA) is 32.3 Å². The molecule has 3 heteroatoms. The van der Waals surface area contributed by atoms with Crippen molar-refractivity contribution < 1.29 is 4.79 Å². The van der Waals surface area contributed by atoms with E-state index in [0.29, 0.717) is 0 Å². The maximum atomic E-state index is 12.9. The molecule has 1 aromatic carbocycles. The summed E-state index contributed by atoms with van der Waals surface area (Å²) in [6.07, 6.45) is 1.85. The monoisotopic (exact) mass is 260 g/mol. The summed E-state index contributed by atoms with van der Waals surface area (Å²) in [6, 6.07) is 8.13. The normalized spacial score (nSPS) is 18.1. The summed E-state index contributed by atoms with van der Waals surface area (Å²) < 4.78 is 0. The van der Waals surface area contributed by atoms with Crippen molar-refractivity contribution in [1.29, 1.82) is 0 Å². The Kier molecular flexibility index (Phi) is 4.25. The number of hydrogen-bond acceptors (Lipinski definition) is 2. The molecule has 1 aliphatic rings. The number of piperidine rings is 1. The van der Waals surface area contributed by atoms with Gasteiger partial charge in [-0.3, -0.25) is 4.79 Å². The molecule has 1 aliphatic heterocycles. The average Bonchev–Trinajstić information content (AvgIpc) is 2.42. The fourth-order valence-electron chi connectivity index (χ4n) is 2.81. The molecule has 0 spiro atoms. The quantitative estimate of drug-likeness (QED) is 0.906. The first-order valence-corrected chi connectivity index (χ1v) is 7.17. The molecule has 1 saturated heterocycles. The third-order valence-corrected chi connectivity index (χ3v) is 4.19. The van der Waals surface area contributed by atoms with Crippen LogP contribution >= 0.6 is 0 Å². The highest BCUT2D eigenvalue weighted by Crippen LogP contribution is 2.33. The van der Waals surface area contributed by atoms with Crippen LogP contribution in [0.3, 0.4) is 0 Å². The van der Waals surface area contributed by atoms with Crippen LogP contribution in [0.1, 0.15) is 32.3 Å². The number of rotatable bonds is 3. The second kappa shape index (κ2) is 5.74. The molecular formula is C16H24N2O. The van der Waals surface area contributed by atoms with Crippen molar-refractivity contribution in [3.05, 3.63) is 29.8 Å². The fraction of sp³-hybridized carbons (Fsp3) is 0.562. The SMILES string of the molecule is CCN(C(=O)C1(C)CCNCC1)c1ccccc1C. The van der Waals surface area contributed by atoms with Crippen molar-refractivity contribution in [2.75, 3.05) is 24.5 Å².